The Hall–Kier alpha value is -0.0800. The molecule has 0 bridgehead atoms. The van der Waals surface area contributed by atoms with Gasteiger partial charge in [-0.25, -0.2) is 0 Å². The van der Waals surface area contributed by atoms with Crippen molar-refractivity contribution >= 4 is 0 Å². The Balaban J connectivity index is 1.95. The van der Waals surface area contributed by atoms with E-state index in [1.54, 1.807) is 7.11 Å². The minimum Gasteiger partial charge on any atom is -0.384 e. The zero-order valence-electron chi connectivity index (χ0n) is 11.3. The number of ether oxygens (including phenoxy) is 1. The van der Waals surface area contributed by atoms with E-state index in [1.165, 1.54) is 38.6 Å². The van der Waals surface area contributed by atoms with Crippen molar-refractivity contribution in [2.45, 2.75) is 46.0 Å². The van der Waals surface area contributed by atoms with Gasteiger partial charge in [0.15, 0.2) is 0 Å². The van der Waals surface area contributed by atoms with Gasteiger partial charge in [0.1, 0.15) is 0 Å². The SMILES string of the molecule is COCC(C)CNCCC1CCC(C)CC1. The first-order chi connectivity index (χ1) is 7.72. The molecule has 0 heterocycles. The second kappa shape index (κ2) is 8.08. The van der Waals surface area contributed by atoms with E-state index in [0.717, 1.165) is 25.0 Å². The minimum absolute atomic E-state index is 0.636. The third-order valence-corrected chi connectivity index (χ3v) is 3.81. The summed E-state index contributed by atoms with van der Waals surface area (Å²) in [6.07, 6.45) is 7.18. The lowest BCUT2D eigenvalue weighted by atomic mass is 9.81. The van der Waals surface area contributed by atoms with Crippen LogP contribution in [0, 0.1) is 17.8 Å². The van der Waals surface area contributed by atoms with Crippen LogP contribution < -0.4 is 5.32 Å². The van der Waals surface area contributed by atoms with Gasteiger partial charge in [-0.15, -0.1) is 0 Å². The van der Waals surface area contributed by atoms with Crippen molar-refractivity contribution in [3.63, 3.8) is 0 Å². The van der Waals surface area contributed by atoms with Crippen LogP contribution in [-0.4, -0.2) is 26.8 Å². The lowest BCUT2D eigenvalue weighted by molar-refractivity contribution is 0.158. The Morgan fingerprint density at radius 3 is 2.56 bits per heavy atom. The first-order valence-corrected chi connectivity index (χ1v) is 6.92. The maximum Gasteiger partial charge on any atom is 0.0499 e. The van der Waals surface area contributed by atoms with E-state index >= 15 is 0 Å². The first kappa shape index (κ1) is 14.0. The third kappa shape index (κ3) is 5.86. The molecule has 1 atom stereocenters. The molecule has 1 aliphatic carbocycles. The summed E-state index contributed by atoms with van der Waals surface area (Å²) in [5.41, 5.74) is 0. The third-order valence-electron chi connectivity index (χ3n) is 3.81. The molecule has 1 N–H and O–H groups in total. The van der Waals surface area contributed by atoms with Crippen LogP contribution in [0.2, 0.25) is 0 Å². The van der Waals surface area contributed by atoms with Crippen LogP contribution >= 0.6 is 0 Å². The van der Waals surface area contributed by atoms with Crippen LogP contribution in [0.25, 0.3) is 0 Å². The van der Waals surface area contributed by atoms with Gasteiger partial charge in [0.2, 0.25) is 0 Å². The number of rotatable bonds is 7. The molecule has 96 valence electrons. The van der Waals surface area contributed by atoms with Crippen LogP contribution in [0.3, 0.4) is 0 Å². The molecule has 0 aromatic carbocycles. The van der Waals surface area contributed by atoms with Gasteiger partial charge in [0, 0.05) is 13.7 Å². The van der Waals surface area contributed by atoms with E-state index < -0.39 is 0 Å². The molecule has 0 aromatic heterocycles. The molecule has 1 fully saturated rings. The molecule has 0 aromatic rings. The molecule has 0 radical (unpaired) electrons. The van der Waals surface area contributed by atoms with E-state index in [0.29, 0.717) is 5.92 Å². The molecule has 0 aliphatic heterocycles. The Bertz CT molecular complexity index is 164. The Labute approximate surface area is 101 Å². The Morgan fingerprint density at radius 2 is 1.94 bits per heavy atom. The summed E-state index contributed by atoms with van der Waals surface area (Å²) in [7, 11) is 1.78. The fourth-order valence-corrected chi connectivity index (χ4v) is 2.62. The normalized spacial score (nSPS) is 27.9. The highest BCUT2D eigenvalue weighted by Crippen LogP contribution is 2.29. The Kier molecular flexibility index (Phi) is 7.06. The second-order valence-corrected chi connectivity index (χ2v) is 5.68. The standard InChI is InChI=1S/C14H29NO/c1-12-4-6-14(7-5-12)8-9-15-10-13(2)11-16-3/h12-15H,4-11H2,1-3H3. The topological polar surface area (TPSA) is 21.3 Å². The predicted octanol–water partition coefficient (Wildman–Crippen LogP) is 3.07. The fraction of sp³-hybridized carbons (Fsp3) is 1.00. The fourth-order valence-electron chi connectivity index (χ4n) is 2.62. The van der Waals surface area contributed by atoms with Crippen LogP contribution in [0.5, 0.6) is 0 Å². The average Bonchev–Trinajstić information content (AvgIpc) is 2.27. The van der Waals surface area contributed by atoms with E-state index in [-0.39, 0.29) is 0 Å². The van der Waals surface area contributed by atoms with Crippen molar-refractivity contribution in [2.75, 3.05) is 26.8 Å². The molecule has 1 saturated carbocycles. The van der Waals surface area contributed by atoms with E-state index in [4.69, 9.17) is 4.74 Å². The van der Waals surface area contributed by atoms with Gasteiger partial charge in [-0.3, -0.25) is 0 Å². The first-order valence-electron chi connectivity index (χ1n) is 6.92. The number of hydrogen-bond acceptors (Lipinski definition) is 2. The second-order valence-electron chi connectivity index (χ2n) is 5.68. The zero-order chi connectivity index (χ0) is 11.8. The lowest BCUT2D eigenvalue weighted by Crippen LogP contribution is -2.26. The molecule has 16 heavy (non-hydrogen) atoms. The van der Waals surface area contributed by atoms with Gasteiger partial charge in [-0.1, -0.05) is 39.5 Å². The van der Waals surface area contributed by atoms with Crippen LogP contribution in [0.1, 0.15) is 46.0 Å². The Morgan fingerprint density at radius 1 is 1.25 bits per heavy atom. The molecular formula is C14H29NO. The summed E-state index contributed by atoms with van der Waals surface area (Å²) < 4.78 is 5.12. The average molecular weight is 227 g/mol. The summed E-state index contributed by atoms with van der Waals surface area (Å²) in [4.78, 5) is 0. The maximum absolute atomic E-state index is 5.12. The molecule has 0 spiro atoms. The zero-order valence-corrected chi connectivity index (χ0v) is 11.3. The molecule has 0 saturated heterocycles. The molecule has 1 unspecified atom stereocenters. The van der Waals surface area contributed by atoms with E-state index in [1.807, 2.05) is 0 Å². The van der Waals surface area contributed by atoms with Gasteiger partial charge >= 0.3 is 0 Å². The van der Waals surface area contributed by atoms with Gasteiger partial charge in [-0.05, 0) is 37.3 Å². The van der Waals surface area contributed by atoms with Gasteiger partial charge in [0.05, 0.1) is 0 Å². The van der Waals surface area contributed by atoms with Crippen molar-refractivity contribution in [1.82, 2.24) is 5.32 Å². The molecule has 1 aliphatic rings. The quantitative estimate of drug-likeness (QED) is 0.675. The van der Waals surface area contributed by atoms with Crippen molar-refractivity contribution in [1.29, 1.82) is 0 Å². The van der Waals surface area contributed by atoms with Crippen molar-refractivity contribution in [2.24, 2.45) is 17.8 Å². The van der Waals surface area contributed by atoms with Crippen molar-refractivity contribution < 1.29 is 4.74 Å². The summed E-state index contributed by atoms with van der Waals surface area (Å²) in [5, 5.41) is 3.55. The van der Waals surface area contributed by atoms with Gasteiger partial charge < -0.3 is 10.1 Å². The lowest BCUT2D eigenvalue weighted by Gasteiger charge is -2.26. The van der Waals surface area contributed by atoms with Gasteiger partial charge in [-0.2, -0.15) is 0 Å². The monoisotopic (exact) mass is 227 g/mol. The number of nitrogens with one attached hydrogen (secondary N) is 1. The summed E-state index contributed by atoms with van der Waals surface area (Å²) in [5.74, 6) is 2.60. The van der Waals surface area contributed by atoms with Crippen LogP contribution in [0.4, 0.5) is 0 Å². The predicted molar refractivity (Wildman–Crippen MR) is 69.6 cm³/mol. The van der Waals surface area contributed by atoms with Gasteiger partial charge in [0.25, 0.3) is 0 Å². The summed E-state index contributed by atoms with van der Waals surface area (Å²) in [6, 6.07) is 0. The molecule has 0 amide bonds. The highest BCUT2D eigenvalue weighted by molar-refractivity contribution is 4.71. The van der Waals surface area contributed by atoms with Crippen LogP contribution in [-0.2, 0) is 4.74 Å². The summed E-state index contributed by atoms with van der Waals surface area (Å²) >= 11 is 0. The molecule has 2 nitrogen and oxygen atoms in total. The van der Waals surface area contributed by atoms with Crippen molar-refractivity contribution in [3.05, 3.63) is 0 Å². The van der Waals surface area contributed by atoms with Crippen molar-refractivity contribution in [3.8, 4) is 0 Å². The number of methoxy groups -OCH3 is 1. The highest BCUT2D eigenvalue weighted by atomic mass is 16.5. The van der Waals surface area contributed by atoms with E-state index in [9.17, 15) is 0 Å². The highest BCUT2D eigenvalue weighted by Gasteiger charge is 2.17. The number of hydrogen-bond donors (Lipinski definition) is 1. The van der Waals surface area contributed by atoms with Crippen LogP contribution in [0.15, 0.2) is 0 Å². The maximum atomic E-state index is 5.12. The van der Waals surface area contributed by atoms with E-state index in [2.05, 4.69) is 19.2 Å². The smallest absolute Gasteiger partial charge is 0.0499 e. The minimum atomic E-state index is 0.636. The molecular weight excluding hydrogens is 198 g/mol. The molecule has 2 heteroatoms. The largest absolute Gasteiger partial charge is 0.384 e. The molecule has 1 rings (SSSR count). The summed E-state index contributed by atoms with van der Waals surface area (Å²) in [6.45, 7) is 7.78.